The van der Waals surface area contributed by atoms with E-state index < -0.39 is 5.54 Å². The van der Waals surface area contributed by atoms with Gasteiger partial charge in [-0.1, -0.05) is 11.6 Å². The van der Waals surface area contributed by atoms with Gasteiger partial charge in [-0.2, -0.15) is 10.2 Å². The summed E-state index contributed by atoms with van der Waals surface area (Å²) in [4.78, 5) is 30.1. The van der Waals surface area contributed by atoms with Crippen LogP contribution in [0.2, 0.25) is 5.02 Å². The SMILES string of the molecule is Cc1ccc(-n2nccn2)c(C(=O)N2CC[C@@H]3C[C@@]32c2nc3c(C)c(Cl)ccc3[nH]2)n1. The van der Waals surface area contributed by atoms with E-state index in [2.05, 4.69) is 20.2 Å². The number of aromatic nitrogens is 6. The van der Waals surface area contributed by atoms with Crippen LogP contribution in [0.25, 0.3) is 16.7 Å². The summed E-state index contributed by atoms with van der Waals surface area (Å²) in [7, 11) is 0. The van der Waals surface area contributed by atoms with Crippen molar-refractivity contribution >= 4 is 28.5 Å². The molecule has 3 aromatic heterocycles. The molecule has 1 amide bonds. The molecule has 4 aromatic rings. The lowest BCUT2D eigenvalue weighted by atomic mass is 10.1. The zero-order chi connectivity index (χ0) is 21.3. The van der Waals surface area contributed by atoms with Crippen LogP contribution in [0.15, 0.2) is 36.7 Å². The molecule has 9 heteroatoms. The van der Waals surface area contributed by atoms with Gasteiger partial charge in [0.25, 0.3) is 5.91 Å². The number of pyridine rings is 1. The number of nitrogens with zero attached hydrogens (tertiary/aromatic N) is 6. The molecule has 0 unspecified atom stereocenters. The Bertz CT molecular complexity index is 1350. The van der Waals surface area contributed by atoms with Crippen LogP contribution in [0.1, 0.15) is 40.4 Å². The first-order chi connectivity index (χ1) is 15.0. The maximum absolute atomic E-state index is 13.8. The first-order valence-electron chi connectivity index (χ1n) is 10.3. The van der Waals surface area contributed by atoms with E-state index in [1.54, 1.807) is 12.4 Å². The zero-order valence-electron chi connectivity index (χ0n) is 17.1. The Hall–Kier alpha value is -3.26. The summed E-state index contributed by atoms with van der Waals surface area (Å²) in [5.41, 5.74) is 4.02. The molecule has 31 heavy (non-hydrogen) atoms. The Kier molecular flexibility index (Phi) is 3.80. The minimum Gasteiger partial charge on any atom is -0.340 e. The smallest absolute Gasteiger partial charge is 0.275 e. The van der Waals surface area contributed by atoms with E-state index in [0.29, 0.717) is 28.9 Å². The molecule has 1 aromatic carbocycles. The van der Waals surface area contributed by atoms with Gasteiger partial charge in [0.1, 0.15) is 17.1 Å². The van der Waals surface area contributed by atoms with E-state index in [4.69, 9.17) is 16.6 Å². The summed E-state index contributed by atoms with van der Waals surface area (Å²) >= 11 is 6.30. The summed E-state index contributed by atoms with van der Waals surface area (Å²) in [5, 5.41) is 9.09. The summed E-state index contributed by atoms with van der Waals surface area (Å²) < 4.78 is 0. The minimum absolute atomic E-state index is 0.119. The first-order valence-corrected chi connectivity index (χ1v) is 10.7. The Morgan fingerprint density at radius 1 is 1.16 bits per heavy atom. The molecular weight excluding hydrogens is 414 g/mol. The second-order valence-corrected chi connectivity index (χ2v) is 8.77. The predicted octanol–water partition coefficient (Wildman–Crippen LogP) is 3.57. The Morgan fingerprint density at radius 3 is 2.74 bits per heavy atom. The maximum Gasteiger partial charge on any atom is 0.275 e. The number of imidazole rings is 1. The lowest BCUT2D eigenvalue weighted by Gasteiger charge is -2.27. The van der Waals surface area contributed by atoms with Crippen LogP contribution in [0, 0.1) is 19.8 Å². The third-order valence-electron chi connectivity index (χ3n) is 6.60. The highest BCUT2D eigenvalue weighted by molar-refractivity contribution is 6.32. The molecule has 8 nitrogen and oxygen atoms in total. The number of aryl methyl sites for hydroxylation is 2. The van der Waals surface area contributed by atoms with E-state index in [1.807, 2.05) is 43.0 Å². The standard InChI is InChI=1S/C22H20ClN7O/c1-12-3-6-17(30-24-8-9-25-30)19(26-12)20(31)29-10-7-14-11-22(14,29)21-27-16-5-4-15(23)13(2)18(16)28-21/h3-6,8-9,14H,7,10-11H2,1-2H3,(H,27,28)/t14-,22+/m1/s1. The fourth-order valence-corrected chi connectivity index (χ4v) is 5.05. The van der Waals surface area contributed by atoms with Crippen molar-refractivity contribution in [1.29, 1.82) is 0 Å². The number of rotatable bonds is 3. The Morgan fingerprint density at radius 2 is 1.97 bits per heavy atom. The van der Waals surface area contributed by atoms with Gasteiger partial charge >= 0.3 is 0 Å². The van der Waals surface area contributed by atoms with E-state index in [-0.39, 0.29) is 5.91 Å². The number of carbonyl (C=O) groups is 1. The molecule has 2 aliphatic rings. The molecule has 2 fully saturated rings. The topological polar surface area (TPSA) is 92.6 Å². The number of likely N-dealkylation sites (tertiary alicyclic amines) is 1. The van der Waals surface area contributed by atoms with Gasteiger partial charge in [-0.15, -0.1) is 4.80 Å². The number of piperidine rings is 1. The van der Waals surface area contributed by atoms with E-state index in [9.17, 15) is 4.79 Å². The van der Waals surface area contributed by atoms with Crippen molar-refractivity contribution in [3.8, 4) is 5.69 Å². The average Bonchev–Trinajstić information content (AvgIpc) is 3.20. The van der Waals surface area contributed by atoms with Crippen molar-refractivity contribution in [3.63, 3.8) is 0 Å². The maximum atomic E-state index is 13.8. The fraction of sp³-hybridized carbons (Fsp3) is 0.318. The summed E-state index contributed by atoms with van der Waals surface area (Å²) in [6.45, 7) is 4.51. The van der Waals surface area contributed by atoms with Gasteiger partial charge in [-0.25, -0.2) is 9.97 Å². The summed E-state index contributed by atoms with van der Waals surface area (Å²) in [5.74, 6) is 1.10. The van der Waals surface area contributed by atoms with Crippen molar-refractivity contribution < 1.29 is 4.79 Å². The highest BCUT2D eigenvalue weighted by Crippen LogP contribution is 2.62. The minimum atomic E-state index is -0.421. The van der Waals surface area contributed by atoms with Gasteiger partial charge in [0, 0.05) is 17.3 Å². The normalized spacial score (nSPS) is 22.2. The van der Waals surface area contributed by atoms with Gasteiger partial charge in [0.2, 0.25) is 0 Å². The molecule has 1 aliphatic carbocycles. The number of aromatic amines is 1. The number of fused-ring (bicyclic) bond motifs is 2. The van der Waals surface area contributed by atoms with Crippen LogP contribution < -0.4 is 0 Å². The third kappa shape index (κ3) is 2.57. The van der Waals surface area contributed by atoms with Crippen LogP contribution in [0.3, 0.4) is 0 Å². The number of H-pyrrole nitrogens is 1. The average molecular weight is 434 g/mol. The molecule has 4 heterocycles. The number of amides is 1. The molecule has 1 saturated carbocycles. The molecule has 1 aliphatic heterocycles. The second kappa shape index (κ2) is 6.37. The molecule has 156 valence electrons. The Labute approximate surface area is 183 Å². The van der Waals surface area contributed by atoms with E-state index in [1.165, 1.54) is 4.80 Å². The van der Waals surface area contributed by atoms with Crippen molar-refractivity contribution in [2.24, 2.45) is 5.92 Å². The van der Waals surface area contributed by atoms with Crippen LogP contribution in [0.4, 0.5) is 0 Å². The van der Waals surface area contributed by atoms with Crippen molar-refractivity contribution in [1.82, 2.24) is 34.8 Å². The molecule has 0 spiro atoms. The largest absolute Gasteiger partial charge is 0.340 e. The van der Waals surface area contributed by atoms with Crippen LogP contribution in [0.5, 0.6) is 0 Å². The molecule has 1 N–H and O–H groups in total. The predicted molar refractivity (Wildman–Crippen MR) is 115 cm³/mol. The molecule has 0 radical (unpaired) electrons. The number of hydrogen-bond acceptors (Lipinski definition) is 5. The van der Waals surface area contributed by atoms with Gasteiger partial charge in [0.15, 0.2) is 5.69 Å². The Balaban J connectivity index is 1.45. The van der Waals surface area contributed by atoms with Crippen LogP contribution >= 0.6 is 11.6 Å². The quantitative estimate of drug-likeness (QED) is 0.533. The molecule has 2 atom stereocenters. The zero-order valence-corrected chi connectivity index (χ0v) is 17.9. The third-order valence-corrected chi connectivity index (χ3v) is 7.01. The van der Waals surface area contributed by atoms with Crippen LogP contribution in [-0.4, -0.2) is 47.3 Å². The fourth-order valence-electron chi connectivity index (χ4n) is 4.90. The van der Waals surface area contributed by atoms with Gasteiger partial charge in [0.05, 0.1) is 23.4 Å². The van der Waals surface area contributed by atoms with Crippen molar-refractivity contribution in [2.75, 3.05) is 6.54 Å². The lowest BCUT2D eigenvalue weighted by molar-refractivity contribution is 0.0674. The van der Waals surface area contributed by atoms with Crippen LogP contribution in [-0.2, 0) is 5.54 Å². The van der Waals surface area contributed by atoms with Crippen molar-refractivity contribution in [2.45, 2.75) is 32.2 Å². The van der Waals surface area contributed by atoms with E-state index in [0.717, 1.165) is 41.0 Å². The van der Waals surface area contributed by atoms with Gasteiger partial charge in [-0.05, 0) is 62.4 Å². The monoisotopic (exact) mass is 433 g/mol. The van der Waals surface area contributed by atoms with E-state index >= 15 is 0 Å². The number of carbonyl (C=O) groups excluding carboxylic acids is 1. The van der Waals surface area contributed by atoms with Gasteiger partial charge in [-0.3, -0.25) is 4.79 Å². The van der Waals surface area contributed by atoms with Gasteiger partial charge < -0.3 is 9.88 Å². The summed E-state index contributed by atoms with van der Waals surface area (Å²) in [6.07, 6.45) is 5.02. The lowest BCUT2D eigenvalue weighted by Crippen LogP contribution is -2.40. The molecular formula is C22H20ClN7O. The number of hydrogen-bond donors (Lipinski definition) is 1. The molecule has 0 bridgehead atoms. The number of benzene rings is 1. The molecule has 1 saturated heterocycles. The highest BCUT2D eigenvalue weighted by Gasteiger charge is 2.66. The van der Waals surface area contributed by atoms with Crippen molar-refractivity contribution in [3.05, 3.63) is 64.5 Å². The summed E-state index contributed by atoms with van der Waals surface area (Å²) in [6, 6.07) is 7.52. The second-order valence-electron chi connectivity index (χ2n) is 8.36. The molecule has 6 rings (SSSR count). The first kappa shape index (κ1) is 18.5. The number of halogens is 1. The number of nitrogens with one attached hydrogen (secondary N) is 1. The highest BCUT2D eigenvalue weighted by atomic mass is 35.5.